The molecule has 6 nitrogen and oxygen atoms in total. The van der Waals surface area contributed by atoms with Gasteiger partial charge in [-0.15, -0.1) is 0 Å². The molecular formula is C21H25NO5. The minimum atomic E-state index is -0.170. The third-order valence-corrected chi connectivity index (χ3v) is 4.02. The molecule has 0 atom stereocenters. The van der Waals surface area contributed by atoms with Crippen molar-refractivity contribution in [1.82, 2.24) is 5.32 Å². The molecule has 0 bridgehead atoms. The van der Waals surface area contributed by atoms with E-state index in [1.54, 1.807) is 18.2 Å². The van der Waals surface area contributed by atoms with Crippen molar-refractivity contribution in [3.8, 4) is 23.0 Å². The predicted octanol–water partition coefficient (Wildman–Crippen LogP) is 3.92. The van der Waals surface area contributed by atoms with E-state index in [0.717, 1.165) is 24.2 Å². The Bertz CT molecular complexity index is 790. The van der Waals surface area contributed by atoms with Crippen LogP contribution in [0.3, 0.4) is 0 Å². The first-order valence-corrected chi connectivity index (χ1v) is 9.27. The van der Waals surface area contributed by atoms with E-state index in [1.165, 1.54) is 0 Å². The Kier molecular flexibility index (Phi) is 6.41. The number of benzene rings is 2. The summed E-state index contributed by atoms with van der Waals surface area (Å²) in [6.45, 7) is 5.90. The van der Waals surface area contributed by atoms with Crippen molar-refractivity contribution < 1.29 is 23.7 Å². The quantitative estimate of drug-likeness (QED) is 0.724. The van der Waals surface area contributed by atoms with Crippen molar-refractivity contribution in [1.29, 1.82) is 0 Å². The third kappa shape index (κ3) is 4.84. The topological polar surface area (TPSA) is 66.0 Å². The number of carbonyl (C=O) groups excluding carboxylic acids is 1. The van der Waals surface area contributed by atoms with Gasteiger partial charge in [-0.2, -0.15) is 0 Å². The van der Waals surface area contributed by atoms with Gasteiger partial charge in [-0.05, 0) is 48.7 Å². The summed E-state index contributed by atoms with van der Waals surface area (Å²) < 4.78 is 22.1. The average molecular weight is 371 g/mol. The summed E-state index contributed by atoms with van der Waals surface area (Å²) >= 11 is 0. The predicted molar refractivity (Wildman–Crippen MR) is 102 cm³/mol. The molecule has 0 fully saturated rings. The van der Waals surface area contributed by atoms with Crippen LogP contribution in [-0.4, -0.2) is 25.9 Å². The van der Waals surface area contributed by atoms with E-state index in [9.17, 15) is 4.79 Å². The monoisotopic (exact) mass is 371 g/mol. The molecular weight excluding hydrogens is 346 g/mol. The molecule has 6 heteroatoms. The number of fused-ring (bicyclic) bond motifs is 1. The summed E-state index contributed by atoms with van der Waals surface area (Å²) in [5.74, 6) is 2.52. The highest BCUT2D eigenvalue weighted by molar-refractivity contribution is 5.94. The number of rotatable bonds is 9. The first-order chi connectivity index (χ1) is 13.2. The van der Waals surface area contributed by atoms with Gasteiger partial charge in [0.1, 0.15) is 0 Å². The molecule has 1 heterocycles. The third-order valence-electron chi connectivity index (χ3n) is 4.02. The van der Waals surface area contributed by atoms with Crippen LogP contribution in [0.4, 0.5) is 0 Å². The van der Waals surface area contributed by atoms with Crippen LogP contribution in [-0.2, 0) is 6.54 Å². The number of amides is 1. The molecule has 0 unspecified atom stereocenters. The summed E-state index contributed by atoms with van der Waals surface area (Å²) in [7, 11) is 0. The molecule has 27 heavy (non-hydrogen) atoms. The number of carbonyl (C=O) groups is 1. The summed E-state index contributed by atoms with van der Waals surface area (Å²) in [6.07, 6.45) is 1.79. The van der Waals surface area contributed by atoms with Gasteiger partial charge in [0.2, 0.25) is 6.79 Å². The van der Waals surface area contributed by atoms with E-state index < -0.39 is 0 Å². The van der Waals surface area contributed by atoms with Crippen LogP contribution in [0.25, 0.3) is 0 Å². The Labute approximate surface area is 159 Å². The molecule has 0 aliphatic carbocycles. The number of hydrogen-bond donors (Lipinski definition) is 1. The molecule has 3 rings (SSSR count). The lowest BCUT2D eigenvalue weighted by Gasteiger charge is -2.13. The molecule has 2 aromatic carbocycles. The van der Waals surface area contributed by atoms with Crippen molar-refractivity contribution in [2.75, 3.05) is 20.0 Å². The number of hydrogen-bond acceptors (Lipinski definition) is 5. The highest BCUT2D eigenvalue weighted by atomic mass is 16.7. The second-order valence-electron chi connectivity index (χ2n) is 6.23. The van der Waals surface area contributed by atoms with Crippen LogP contribution in [0.2, 0.25) is 0 Å². The van der Waals surface area contributed by atoms with Gasteiger partial charge < -0.3 is 24.3 Å². The van der Waals surface area contributed by atoms with Crippen LogP contribution in [0.15, 0.2) is 36.4 Å². The summed E-state index contributed by atoms with van der Waals surface area (Å²) in [5, 5.41) is 2.92. The van der Waals surface area contributed by atoms with Gasteiger partial charge in [-0.25, -0.2) is 0 Å². The van der Waals surface area contributed by atoms with Crippen LogP contribution >= 0.6 is 0 Å². The fraction of sp³-hybridized carbons (Fsp3) is 0.381. The molecule has 1 amide bonds. The van der Waals surface area contributed by atoms with Gasteiger partial charge in [-0.1, -0.05) is 19.9 Å². The van der Waals surface area contributed by atoms with Crippen molar-refractivity contribution in [2.24, 2.45) is 0 Å². The zero-order valence-electron chi connectivity index (χ0n) is 15.7. The van der Waals surface area contributed by atoms with Gasteiger partial charge in [0, 0.05) is 12.1 Å². The van der Waals surface area contributed by atoms with Crippen molar-refractivity contribution in [3.05, 3.63) is 47.5 Å². The van der Waals surface area contributed by atoms with E-state index in [4.69, 9.17) is 18.9 Å². The van der Waals surface area contributed by atoms with Crippen LogP contribution in [0, 0.1) is 0 Å². The molecule has 1 aliphatic rings. The van der Waals surface area contributed by atoms with Crippen molar-refractivity contribution in [2.45, 2.75) is 33.2 Å². The Morgan fingerprint density at radius 1 is 0.963 bits per heavy atom. The fourth-order valence-corrected chi connectivity index (χ4v) is 2.64. The molecule has 1 aliphatic heterocycles. The lowest BCUT2D eigenvalue weighted by atomic mass is 10.1. The highest BCUT2D eigenvalue weighted by Gasteiger charge is 2.15. The Morgan fingerprint density at radius 3 is 2.48 bits per heavy atom. The molecule has 0 spiro atoms. The van der Waals surface area contributed by atoms with Gasteiger partial charge >= 0.3 is 0 Å². The maximum Gasteiger partial charge on any atom is 0.251 e. The number of nitrogens with one attached hydrogen (secondary N) is 1. The lowest BCUT2D eigenvalue weighted by Crippen LogP contribution is -2.22. The first-order valence-electron chi connectivity index (χ1n) is 9.27. The minimum absolute atomic E-state index is 0.170. The van der Waals surface area contributed by atoms with E-state index >= 15 is 0 Å². The van der Waals surface area contributed by atoms with Crippen LogP contribution in [0.5, 0.6) is 23.0 Å². The van der Waals surface area contributed by atoms with Gasteiger partial charge in [0.05, 0.1) is 13.2 Å². The van der Waals surface area contributed by atoms with E-state index in [1.807, 2.05) is 32.0 Å². The first kappa shape index (κ1) is 18.9. The summed E-state index contributed by atoms with van der Waals surface area (Å²) in [5.41, 5.74) is 1.48. The maximum absolute atomic E-state index is 12.5. The zero-order valence-corrected chi connectivity index (χ0v) is 15.7. The molecule has 144 valence electrons. The smallest absolute Gasteiger partial charge is 0.251 e. The maximum atomic E-state index is 12.5. The number of ether oxygens (including phenoxy) is 4. The van der Waals surface area contributed by atoms with Gasteiger partial charge in [0.15, 0.2) is 23.0 Å². The molecule has 0 saturated carbocycles. The SMILES string of the molecule is CCCOc1ccc(C(=O)NCc2ccc3c(c2)OCO3)cc1OCCC. The second kappa shape index (κ2) is 9.16. The normalized spacial score (nSPS) is 11.9. The Morgan fingerprint density at radius 2 is 1.70 bits per heavy atom. The zero-order chi connectivity index (χ0) is 19.1. The molecule has 0 radical (unpaired) electrons. The lowest BCUT2D eigenvalue weighted by molar-refractivity contribution is 0.0950. The molecule has 2 aromatic rings. The van der Waals surface area contributed by atoms with E-state index in [2.05, 4.69) is 5.32 Å². The van der Waals surface area contributed by atoms with Crippen LogP contribution in [0.1, 0.15) is 42.6 Å². The average Bonchev–Trinajstić information content (AvgIpc) is 3.17. The fourth-order valence-electron chi connectivity index (χ4n) is 2.64. The highest BCUT2D eigenvalue weighted by Crippen LogP contribution is 2.32. The van der Waals surface area contributed by atoms with E-state index in [-0.39, 0.29) is 12.7 Å². The Balaban J connectivity index is 1.66. The Hall–Kier alpha value is -2.89. The molecule has 0 saturated heterocycles. The van der Waals surface area contributed by atoms with E-state index in [0.29, 0.717) is 42.6 Å². The summed E-state index contributed by atoms with van der Waals surface area (Å²) in [4.78, 5) is 12.5. The van der Waals surface area contributed by atoms with Gasteiger partial charge in [0.25, 0.3) is 5.91 Å². The van der Waals surface area contributed by atoms with Crippen molar-refractivity contribution in [3.63, 3.8) is 0 Å². The molecule has 1 N–H and O–H groups in total. The van der Waals surface area contributed by atoms with Crippen LogP contribution < -0.4 is 24.3 Å². The summed E-state index contributed by atoms with van der Waals surface area (Å²) in [6, 6.07) is 10.9. The second-order valence-corrected chi connectivity index (χ2v) is 6.23. The molecule has 0 aromatic heterocycles. The largest absolute Gasteiger partial charge is 0.490 e. The van der Waals surface area contributed by atoms with Crippen molar-refractivity contribution >= 4 is 5.91 Å². The van der Waals surface area contributed by atoms with Gasteiger partial charge in [-0.3, -0.25) is 4.79 Å². The minimum Gasteiger partial charge on any atom is -0.490 e. The standard InChI is InChI=1S/C21H25NO5/c1-3-9-24-17-8-6-16(12-20(17)25-10-4-2)21(23)22-13-15-5-7-18-19(11-15)27-14-26-18/h5-8,11-12H,3-4,9-10,13-14H2,1-2H3,(H,22,23).